The number of quaternary nitrogens is 1. The third kappa shape index (κ3) is 1.56. The minimum Gasteiger partial charge on any atom is -0.463 e. The number of rotatable bonds is 2. The number of furan rings is 1. The molecule has 0 saturated carbocycles. The molecule has 3 heterocycles. The number of hydroxylamine groups is 2. The molecule has 0 radical (unpaired) electrons. The molecule has 3 rings (SSSR count). The summed E-state index contributed by atoms with van der Waals surface area (Å²) in [6.07, 6.45) is 3.34. The van der Waals surface area contributed by atoms with Crippen molar-refractivity contribution in [2.45, 2.75) is 18.6 Å². The maximum Gasteiger partial charge on any atom is 0.321 e. The van der Waals surface area contributed by atoms with E-state index in [9.17, 15) is 10.0 Å². The molecule has 2 aliphatic heterocycles. The number of fused-ring (bicyclic) bond motifs is 1. The Morgan fingerprint density at radius 2 is 2.59 bits per heavy atom. The van der Waals surface area contributed by atoms with Gasteiger partial charge < -0.3 is 4.42 Å². The molecule has 0 aromatic carbocycles. The first kappa shape index (κ1) is 10.8. The maximum atomic E-state index is 11.1. The fraction of sp³-hybridized carbons (Fsp3) is 0.400. The highest BCUT2D eigenvalue weighted by atomic mass is 35.5. The van der Waals surface area contributed by atoms with E-state index in [2.05, 4.69) is 5.10 Å². The van der Waals surface area contributed by atoms with Gasteiger partial charge in [-0.25, -0.2) is 0 Å². The van der Waals surface area contributed by atoms with Crippen molar-refractivity contribution in [1.29, 1.82) is 0 Å². The van der Waals surface area contributed by atoms with E-state index in [0.717, 1.165) is 0 Å². The third-order valence-corrected chi connectivity index (χ3v) is 3.47. The number of hydrogen-bond donors (Lipinski definition) is 1. The van der Waals surface area contributed by atoms with Gasteiger partial charge in [-0.3, -0.25) is 9.69 Å². The van der Waals surface area contributed by atoms with Gasteiger partial charge in [-0.1, -0.05) is 0 Å². The maximum absolute atomic E-state index is 11.1. The van der Waals surface area contributed by atoms with Crippen LogP contribution in [0.5, 0.6) is 0 Å². The summed E-state index contributed by atoms with van der Waals surface area (Å²) in [6, 6.07) is 3.41. The second-order valence-corrected chi connectivity index (χ2v) is 4.50. The zero-order valence-electron chi connectivity index (χ0n) is 8.86. The highest BCUT2D eigenvalue weighted by molar-refractivity contribution is 6.62. The summed E-state index contributed by atoms with van der Waals surface area (Å²) in [4.78, 5) is 12.5. The fourth-order valence-electron chi connectivity index (χ4n) is 2.38. The minimum absolute atomic E-state index is 0.0658. The van der Waals surface area contributed by atoms with Gasteiger partial charge in [0.25, 0.3) is 6.17 Å². The van der Waals surface area contributed by atoms with Gasteiger partial charge in [-0.2, -0.15) is 5.21 Å². The van der Waals surface area contributed by atoms with E-state index in [0.29, 0.717) is 18.7 Å². The summed E-state index contributed by atoms with van der Waals surface area (Å²) < 4.78 is 4.58. The van der Waals surface area contributed by atoms with Crippen molar-refractivity contribution in [2.75, 3.05) is 6.54 Å². The standard InChI is InChI=1S/C10H11ClN3O3/c11-10(15)13-4-3-8-9(13)14(8,16)12-6-7-2-1-5-17-7/h1-2,5-6,8-9,16H,3-4H2/q+1. The summed E-state index contributed by atoms with van der Waals surface area (Å²) >= 11 is 5.43. The first-order valence-electron chi connectivity index (χ1n) is 5.29. The molecule has 3 unspecified atom stereocenters. The van der Waals surface area contributed by atoms with Crippen LogP contribution in [0.1, 0.15) is 12.2 Å². The Hall–Kier alpha value is -1.37. The Kier molecular flexibility index (Phi) is 2.25. The van der Waals surface area contributed by atoms with Crippen molar-refractivity contribution in [3.05, 3.63) is 24.2 Å². The van der Waals surface area contributed by atoms with Gasteiger partial charge in [0.2, 0.25) is 6.04 Å². The SMILES string of the molecule is O=C(Cl)N1CCC2C1[N+]2(O)N=Cc1ccco1. The quantitative estimate of drug-likeness (QED) is 0.287. The molecule has 2 aliphatic rings. The first-order valence-corrected chi connectivity index (χ1v) is 5.67. The fourth-order valence-corrected chi connectivity index (χ4v) is 2.56. The van der Waals surface area contributed by atoms with Crippen molar-refractivity contribution in [2.24, 2.45) is 5.10 Å². The predicted molar refractivity (Wildman–Crippen MR) is 58.5 cm³/mol. The van der Waals surface area contributed by atoms with Crippen molar-refractivity contribution < 1.29 is 19.2 Å². The van der Waals surface area contributed by atoms with Crippen LogP contribution in [0.4, 0.5) is 4.79 Å². The summed E-state index contributed by atoms with van der Waals surface area (Å²) in [5, 5.41) is 13.7. The first-order chi connectivity index (χ1) is 8.13. The summed E-state index contributed by atoms with van der Waals surface area (Å²) in [7, 11) is 0. The molecule has 0 bridgehead atoms. The average molecular weight is 257 g/mol. The van der Waals surface area contributed by atoms with Gasteiger partial charge in [0.1, 0.15) is 12.0 Å². The largest absolute Gasteiger partial charge is 0.463 e. The van der Waals surface area contributed by atoms with Crippen LogP contribution in [0.15, 0.2) is 27.9 Å². The van der Waals surface area contributed by atoms with E-state index in [-0.39, 0.29) is 12.2 Å². The molecule has 3 atom stereocenters. The van der Waals surface area contributed by atoms with E-state index >= 15 is 0 Å². The van der Waals surface area contributed by atoms with Gasteiger partial charge in [-0.15, -0.1) is 0 Å². The van der Waals surface area contributed by atoms with Crippen LogP contribution in [-0.4, -0.2) is 45.2 Å². The number of carbonyl (C=O) groups is 1. The second kappa shape index (κ2) is 3.56. The molecule has 90 valence electrons. The molecule has 6 nitrogen and oxygen atoms in total. The Morgan fingerprint density at radius 3 is 3.24 bits per heavy atom. The number of likely N-dealkylation sites (tertiary alicyclic amines) is 1. The molecular weight excluding hydrogens is 246 g/mol. The lowest BCUT2D eigenvalue weighted by atomic mass is 10.4. The van der Waals surface area contributed by atoms with Crippen molar-refractivity contribution >= 4 is 23.2 Å². The van der Waals surface area contributed by atoms with Gasteiger partial charge >= 0.3 is 5.37 Å². The normalized spacial score (nSPS) is 35.3. The second-order valence-electron chi connectivity index (χ2n) is 4.18. The highest BCUT2D eigenvalue weighted by Crippen LogP contribution is 2.47. The third-order valence-electron chi connectivity index (χ3n) is 3.26. The number of amides is 1. The van der Waals surface area contributed by atoms with Crippen LogP contribution in [0.25, 0.3) is 0 Å². The molecule has 0 spiro atoms. The summed E-state index contributed by atoms with van der Waals surface area (Å²) in [6.45, 7) is 0.578. The lowest BCUT2D eigenvalue weighted by molar-refractivity contribution is -1.03. The lowest BCUT2D eigenvalue weighted by Gasteiger charge is -2.15. The number of carbonyl (C=O) groups excluding carboxylic acids is 1. The van der Waals surface area contributed by atoms with Crippen molar-refractivity contribution in [3.8, 4) is 0 Å². The molecule has 0 aliphatic carbocycles. The smallest absolute Gasteiger partial charge is 0.321 e. The Morgan fingerprint density at radius 1 is 1.76 bits per heavy atom. The van der Waals surface area contributed by atoms with Crippen LogP contribution < -0.4 is 0 Å². The average Bonchev–Trinajstić information content (AvgIpc) is 2.79. The molecule has 2 fully saturated rings. The van der Waals surface area contributed by atoms with E-state index in [1.165, 1.54) is 17.4 Å². The monoisotopic (exact) mass is 256 g/mol. The minimum atomic E-state index is -0.542. The molecule has 7 heteroatoms. The topological polar surface area (TPSA) is 66.0 Å². The predicted octanol–water partition coefficient (Wildman–Crippen LogP) is 1.59. The molecule has 1 aromatic heterocycles. The van der Waals surface area contributed by atoms with Gasteiger partial charge in [0.15, 0.2) is 0 Å². The van der Waals surface area contributed by atoms with E-state index in [1.54, 1.807) is 12.1 Å². The van der Waals surface area contributed by atoms with Gasteiger partial charge in [0, 0.05) is 13.0 Å². The van der Waals surface area contributed by atoms with Gasteiger partial charge in [0.05, 0.1) is 6.26 Å². The summed E-state index contributed by atoms with van der Waals surface area (Å²) in [5.41, 5.74) is 0. The molecular formula is C10H11ClN3O3+. The zero-order valence-corrected chi connectivity index (χ0v) is 9.62. The molecule has 1 N–H and O–H groups in total. The van der Waals surface area contributed by atoms with Crippen molar-refractivity contribution in [1.82, 2.24) is 4.90 Å². The lowest BCUT2D eigenvalue weighted by Crippen LogP contribution is -2.36. The molecule has 17 heavy (non-hydrogen) atoms. The highest BCUT2D eigenvalue weighted by Gasteiger charge is 2.76. The number of nitrogens with zero attached hydrogens (tertiary/aromatic N) is 3. The number of halogens is 1. The van der Waals surface area contributed by atoms with E-state index < -0.39 is 10.1 Å². The molecule has 1 amide bonds. The molecule has 1 aromatic rings. The van der Waals surface area contributed by atoms with Crippen LogP contribution in [0.3, 0.4) is 0 Å². The summed E-state index contributed by atoms with van der Waals surface area (Å²) in [5.74, 6) is 0.560. The Balaban J connectivity index is 1.76. The van der Waals surface area contributed by atoms with Crippen LogP contribution in [-0.2, 0) is 0 Å². The van der Waals surface area contributed by atoms with Crippen molar-refractivity contribution in [3.63, 3.8) is 0 Å². The van der Waals surface area contributed by atoms with Crippen LogP contribution >= 0.6 is 11.6 Å². The Labute approximate surface area is 102 Å². The Bertz CT molecular complexity index is 475. The number of hydrogen-bond acceptors (Lipinski definition) is 4. The van der Waals surface area contributed by atoms with Crippen LogP contribution in [0, 0.1) is 0 Å². The van der Waals surface area contributed by atoms with E-state index in [1.807, 2.05) is 0 Å². The molecule has 2 saturated heterocycles. The van der Waals surface area contributed by atoms with E-state index in [4.69, 9.17) is 16.0 Å². The van der Waals surface area contributed by atoms with Crippen LogP contribution in [0.2, 0.25) is 0 Å². The van der Waals surface area contributed by atoms with Gasteiger partial charge in [-0.05, 0) is 33.6 Å². The zero-order chi connectivity index (χ0) is 12.0.